The number of carbonyl (C=O) groups is 2. The molecule has 0 aliphatic carbocycles. The summed E-state index contributed by atoms with van der Waals surface area (Å²) >= 11 is 6.04. The Morgan fingerprint density at radius 3 is 2.56 bits per heavy atom. The van der Waals surface area contributed by atoms with Gasteiger partial charge in [-0.2, -0.15) is 0 Å². The Morgan fingerprint density at radius 2 is 1.94 bits per heavy atom. The van der Waals surface area contributed by atoms with Gasteiger partial charge in [-0.15, -0.1) is 0 Å². The number of rotatable bonds is 6. The molecular weight excluding hydrogens is 436 g/mol. The number of nitrogens with zero attached hydrogens (tertiary/aromatic N) is 2. The van der Waals surface area contributed by atoms with Gasteiger partial charge in [0, 0.05) is 17.9 Å². The van der Waals surface area contributed by atoms with Gasteiger partial charge in [0.2, 0.25) is 0 Å². The van der Waals surface area contributed by atoms with Crippen molar-refractivity contribution in [3.63, 3.8) is 0 Å². The largest absolute Gasteiger partial charge is 0.465 e. The number of amides is 1. The second-order valence-corrected chi connectivity index (χ2v) is 7.91. The zero-order valence-corrected chi connectivity index (χ0v) is 18.9. The predicted octanol–water partition coefficient (Wildman–Crippen LogP) is 3.31. The molecule has 0 bridgehead atoms. The highest BCUT2D eigenvalue weighted by molar-refractivity contribution is 6.33. The number of aryl methyl sites for hydroxylation is 1. The highest BCUT2D eigenvalue weighted by Gasteiger charge is 2.21. The summed E-state index contributed by atoms with van der Waals surface area (Å²) in [7, 11) is 1.22. The highest BCUT2D eigenvalue weighted by Crippen LogP contribution is 2.24. The number of halogens is 1. The van der Waals surface area contributed by atoms with Crippen LogP contribution in [0, 0.1) is 0 Å². The van der Waals surface area contributed by atoms with Crippen molar-refractivity contribution in [3.05, 3.63) is 66.9 Å². The van der Waals surface area contributed by atoms with Crippen molar-refractivity contribution in [2.75, 3.05) is 12.4 Å². The van der Waals surface area contributed by atoms with Crippen LogP contribution in [0.5, 0.6) is 0 Å². The lowest BCUT2D eigenvalue weighted by atomic mass is 10.0. The van der Waals surface area contributed by atoms with Crippen molar-refractivity contribution in [2.45, 2.75) is 39.7 Å². The maximum Gasteiger partial charge on any atom is 0.339 e. The van der Waals surface area contributed by atoms with E-state index in [1.165, 1.54) is 35.9 Å². The van der Waals surface area contributed by atoms with Crippen molar-refractivity contribution in [3.8, 4) is 0 Å². The molecule has 0 saturated heterocycles. The lowest BCUT2D eigenvalue weighted by Crippen LogP contribution is -2.32. The summed E-state index contributed by atoms with van der Waals surface area (Å²) in [6.45, 7) is 6.02. The maximum atomic E-state index is 13.2. The second kappa shape index (κ2) is 9.35. The first-order chi connectivity index (χ1) is 15.2. The van der Waals surface area contributed by atoms with Crippen LogP contribution in [-0.4, -0.2) is 33.5 Å². The molecule has 32 heavy (non-hydrogen) atoms. The van der Waals surface area contributed by atoms with Crippen LogP contribution in [0.3, 0.4) is 0 Å². The first kappa shape index (κ1) is 23.2. The van der Waals surface area contributed by atoms with Crippen molar-refractivity contribution >= 4 is 40.2 Å². The molecule has 168 valence electrons. The molecular formula is C22H23ClN4O5. The molecule has 0 aliphatic rings. The third kappa shape index (κ3) is 4.43. The Hall–Kier alpha value is -3.46. The van der Waals surface area contributed by atoms with Crippen molar-refractivity contribution < 1.29 is 14.3 Å². The van der Waals surface area contributed by atoms with Gasteiger partial charge in [0.15, 0.2) is 5.65 Å². The number of pyridine rings is 1. The smallest absolute Gasteiger partial charge is 0.339 e. The quantitative estimate of drug-likeness (QED) is 0.546. The number of esters is 1. The third-order valence-electron chi connectivity index (χ3n) is 4.88. The van der Waals surface area contributed by atoms with Crippen molar-refractivity contribution in [1.82, 2.24) is 14.5 Å². The number of hydrogen-bond donors (Lipinski definition) is 2. The molecule has 2 heterocycles. The molecule has 0 atom stereocenters. The predicted molar refractivity (Wildman–Crippen MR) is 122 cm³/mol. The number of H-pyrrole nitrogens is 1. The number of hydrogen-bond acceptors (Lipinski definition) is 6. The number of fused-ring (bicyclic) bond motifs is 1. The van der Waals surface area contributed by atoms with Crippen molar-refractivity contribution in [2.24, 2.45) is 0 Å². The zero-order chi connectivity index (χ0) is 23.6. The van der Waals surface area contributed by atoms with Crippen molar-refractivity contribution in [1.29, 1.82) is 0 Å². The molecule has 2 aromatic heterocycles. The average molecular weight is 459 g/mol. The first-order valence-corrected chi connectivity index (χ1v) is 10.4. The van der Waals surface area contributed by atoms with Crippen LogP contribution in [0.25, 0.3) is 11.0 Å². The lowest BCUT2D eigenvalue weighted by Gasteiger charge is -2.15. The van der Waals surface area contributed by atoms with Gasteiger partial charge < -0.3 is 10.1 Å². The summed E-state index contributed by atoms with van der Waals surface area (Å²) in [5.41, 5.74) is -0.119. The Morgan fingerprint density at radius 1 is 1.22 bits per heavy atom. The van der Waals surface area contributed by atoms with Crippen LogP contribution in [-0.2, 0) is 11.3 Å². The molecule has 0 spiro atoms. The fourth-order valence-corrected chi connectivity index (χ4v) is 3.46. The van der Waals surface area contributed by atoms with E-state index >= 15 is 0 Å². The number of aromatic nitrogens is 3. The Labute approximate surface area is 188 Å². The van der Waals surface area contributed by atoms with Gasteiger partial charge in [-0.3, -0.25) is 19.1 Å². The standard InChI is InChI=1S/C22H23ClN4O5/c1-5-8-27-18-17(20(29)26-22(27)31)14(10-16(25-18)11(2)3)19(28)24-12-6-7-15(23)13(9-12)21(30)32-4/h6-7,9-11H,5,8H2,1-4H3,(H,24,28)(H,26,29,31). The van der Waals surface area contributed by atoms with Crippen LogP contribution < -0.4 is 16.6 Å². The van der Waals surface area contributed by atoms with E-state index < -0.39 is 23.1 Å². The Bertz CT molecular complexity index is 1330. The molecule has 0 radical (unpaired) electrons. The number of methoxy groups -OCH3 is 1. The summed E-state index contributed by atoms with van der Waals surface area (Å²) in [4.78, 5) is 56.9. The first-order valence-electron chi connectivity index (χ1n) is 10.0. The van der Waals surface area contributed by atoms with Crippen LogP contribution in [0.15, 0.2) is 33.9 Å². The van der Waals surface area contributed by atoms with E-state index in [0.717, 1.165) is 0 Å². The topological polar surface area (TPSA) is 123 Å². The van der Waals surface area contributed by atoms with E-state index in [1.54, 1.807) is 0 Å². The van der Waals surface area contributed by atoms with Crippen LogP contribution >= 0.6 is 11.6 Å². The van der Waals surface area contributed by atoms with E-state index in [4.69, 9.17) is 16.3 Å². The molecule has 3 rings (SSSR count). The second-order valence-electron chi connectivity index (χ2n) is 7.50. The minimum Gasteiger partial charge on any atom is -0.465 e. The van der Waals surface area contributed by atoms with E-state index in [-0.39, 0.29) is 38.8 Å². The fraction of sp³-hybridized carbons (Fsp3) is 0.318. The van der Waals surface area contributed by atoms with E-state index in [0.29, 0.717) is 18.7 Å². The number of carbonyl (C=O) groups excluding carboxylic acids is 2. The lowest BCUT2D eigenvalue weighted by molar-refractivity contribution is 0.0600. The zero-order valence-electron chi connectivity index (χ0n) is 18.1. The van der Waals surface area contributed by atoms with Crippen LogP contribution in [0.2, 0.25) is 5.02 Å². The maximum absolute atomic E-state index is 13.2. The number of ether oxygens (including phenoxy) is 1. The van der Waals surface area contributed by atoms with Gasteiger partial charge in [0.05, 0.1) is 28.6 Å². The Balaban J connectivity index is 2.19. The molecule has 10 heteroatoms. The molecule has 2 N–H and O–H groups in total. The average Bonchev–Trinajstić information content (AvgIpc) is 2.76. The van der Waals surface area contributed by atoms with Gasteiger partial charge in [0.1, 0.15) is 0 Å². The molecule has 1 amide bonds. The van der Waals surface area contributed by atoms with Gasteiger partial charge in [0.25, 0.3) is 11.5 Å². The molecule has 0 fully saturated rings. The highest BCUT2D eigenvalue weighted by atomic mass is 35.5. The number of benzene rings is 1. The summed E-state index contributed by atoms with van der Waals surface area (Å²) < 4.78 is 6.06. The van der Waals surface area contributed by atoms with Gasteiger partial charge in [-0.05, 0) is 36.6 Å². The Kier molecular flexibility index (Phi) is 6.78. The summed E-state index contributed by atoms with van der Waals surface area (Å²) in [5.74, 6) is -1.30. The molecule has 0 saturated carbocycles. The number of aromatic amines is 1. The molecule has 9 nitrogen and oxygen atoms in total. The minimum atomic E-state index is -0.698. The van der Waals surface area contributed by atoms with E-state index in [1.807, 2.05) is 20.8 Å². The fourth-order valence-electron chi connectivity index (χ4n) is 3.27. The summed E-state index contributed by atoms with van der Waals surface area (Å²) in [6.07, 6.45) is 0.636. The number of nitrogens with one attached hydrogen (secondary N) is 2. The molecule has 0 unspecified atom stereocenters. The monoisotopic (exact) mass is 458 g/mol. The number of anilines is 1. The van der Waals surface area contributed by atoms with E-state index in [9.17, 15) is 19.2 Å². The van der Waals surface area contributed by atoms with Crippen LogP contribution in [0.1, 0.15) is 59.5 Å². The molecule has 0 aliphatic heterocycles. The van der Waals surface area contributed by atoms with Gasteiger partial charge >= 0.3 is 11.7 Å². The normalized spacial score (nSPS) is 11.1. The van der Waals surface area contributed by atoms with Gasteiger partial charge in [-0.25, -0.2) is 14.6 Å². The molecule has 1 aromatic carbocycles. The minimum absolute atomic E-state index is 0.0158. The molecule has 3 aromatic rings. The van der Waals surface area contributed by atoms with E-state index in [2.05, 4.69) is 15.3 Å². The SMILES string of the molecule is CCCn1c(=O)[nH]c(=O)c2c(C(=O)Nc3ccc(Cl)c(C(=O)OC)c3)cc(C(C)C)nc21. The summed E-state index contributed by atoms with van der Waals surface area (Å²) in [6, 6.07) is 5.90. The van der Waals surface area contributed by atoms with Gasteiger partial charge in [-0.1, -0.05) is 32.4 Å². The third-order valence-corrected chi connectivity index (χ3v) is 5.21. The summed E-state index contributed by atoms with van der Waals surface area (Å²) in [5, 5.41) is 2.87. The van der Waals surface area contributed by atoms with Crippen LogP contribution in [0.4, 0.5) is 5.69 Å².